The molecule has 0 bridgehead atoms. The second kappa shape index (κ2) is 4.72. The van der Waals surface area contributed by atoms with E-state index in [1.807, 2.05) is 0 Å². The SMILES string of the molecule is CC(C)c1cc(NC2CNC2)nc(N2CCC2)n1. The highest BCUT2D eigenvalue weighted by Crippen LogP contribution is 2.23. The molecule has 98 valence electrons. The van der Waals surface area contributed by atoms with Gasteiger partial charge in [-0.05, 0) is 12.3 Å². The lowest BCUT2D eigenvalue weighted by atomic mass is 10.1. The molecule has 2 N–H and O–H groups in total. The first kappa shape index (κ1) is 11.7. The third kappa shape index (κ3) is 2.27. The van der Waals surface area contributed by atoms with Crippen LogP contribution in [0.2, 0.25) is 0 Å². The maximum Gasteiger partial charge on any atom is 0.227 e. The minimum Gasteiger partial charge on any atom is -0.365 e. The summed E-state index contributed by atoms with van der Waals surface area (Å²) in [5.74, 6) is 2.30. The van der Waals surface area contributed by atoms with Gasteiger partial charge in [-0.2, -0.15) is 4.98 Å². The van der Waals surface area contributed by atoms with Crippen molar-refractivity contribution < 1.29 is 0 Å². The monoisotopic (exact) mass is 247 g/mol. The Kier molecular flexibility index (Phi) is 3.07. The second-order valence-corrected chi connectivity index (χ2v) is 5.47. The molecule has 2 saturated heterocycles. The molecule has 2 aliphatic heterocycles. The van der Waals surface area contributed by atoms with Crippen LogP contribution in [0.15, 0.2) is 6.07 Å². The van der Waals surface area contributed by atoms with Crippen molar-refractivity contribution in [2.45, 2.75) is 32.2 Å². The standard InChI is InChI=1S/C13H21N5/c1-9(2)11-6-12(15-10-7-14-8-10)17-13(16-11)18-4-3-5-18/h6,9-10,14H,3-5,7-8H2,1-2H3,(H,15,16,17). The number of rotatable bonds is 4. The maximum atomic E-state index is 4.67. The molecule has 0 amide bonds. The van der Waals surface area contributed by atoms with Gasteiger partial charge in [0.25, 0.3) is 0 Å². The Bertz CT molecular complexity index is 423. The van der Waals surface area contributed by atoms with Crippen molar-refractivity contribution in [1.82, 2.24) is 15.3 Å². The third-order valence-electron chi connectivity index (χ3n) is 3.60. The summed E-state index contributed by atoms with van der Waals surface area (Å²) in [5.41, 5.74) is 1.13. The zero-order valence-corrected chi connectivity index (χ0v) is 11.1. The fourth-order valence-electron chi connectivity index (χ4n) is 2.08. The number of hydrogen-bond acceptors (Lipinski definition) is 5. The number of nitrogens with one attached hydrogen (secondary N) is 2. The van der Waals surface area contributed by atoms with Crippen LogP contribution in [0.25, 0.3) is 0 Å². The van der Waals surface area contributed by atoms with E-state index in [4.69, 9.17) is 0 Å². The molecule has 0 atom stereocenters. The summed E-state index contributed by atoms with van der Waals surface area (Å²) in [6, 6.07) is 2.61. The van der Waals surface area contributed by atoms with Crippen LogP contribution < -0.4 is 15.5 Å². The van der Waals surface area contributed by atoms with Gasteiger partial charge in [-0.25, -0.2) is 4.98 Å². The van der Waals surface area contributed by atoms with E-state index < -0.39 is 0 Å². The molecule has 3 rings (SSSR count). The van der Waals surface area contributed by atoms with Crippen LogP contribution in [0.3, 0.4) is 0 Å². The molecule has 2 fully saturated rings. The molecule has 0 aromatic carbocycles. The van der Waals surface area contributed by atoms with Crippen molar-refractivity contribution >= 4 is 11.8 Å². The summed E-state index contributed by atoms with van der Waals surface area (Å²) in [5, 5.41) is 6.74. The summed E-state index contributed by atoms with van der Waals surface area (Å²) in [7, 11) is 0. The Morgan fingerprint density at radius 3 is 2.61 bits per heavy atom. The summed E-state index contributed by atoms with van der Waals surface area (Å²) in [6.45, 7) is 8.59. The van der Waals surface area contributed by atoms with Crippen LogP contribution in [-0.4, -0.2) is 42.2 Å². The van der Waals surface area contributed by atoms with E-state index >= 15 is 0 Å². The molecule has 0 radical (unpaired) electrons. The summed E-state index contributed by atoms with van der Waals surface area (Å²) in [4.78, 5) is 11.5. The molecule has 0 saturated carbocycles. The fourth-order valence-corrected chi connectivity index (χ4v) is 2.08. The highest BCUT2D eigenvalue weighted by Gasteiger charge is 2.21. The van der Waals surface area contributed by atoms with Crippen LogP contribution in [0.5, 0.6) is 0 Å². The highest BCUT2D eigenvalue weighted by atomic mass is 15.3. The zero-order chi connectivity index (χ0) is 12.5. The lowest BCUT2D eigenvalue weighted by molar-refractivity contribution is 0.470. The molecular formula is C13H21N5. The van der Waals surface area contributed by atoms with Crippen LogP contribution >= 0.6 is 0 Å². The van der Waals surface area contributed by atoms with E-state index in [9.17, 15) is 0 Å². The maximum absolute atomic E-state index is 4.67. The van der Waals surface area contributed by atoms with Gasteiger partial charge in [-0.3, -0.25) is 0 Å². The Hall–Kier alpha value is -1.36. The van der Waals surface area contributed by atoms with Gasteiger partial charge < -0.3 is 15.5 Å². The Morgan fingerprint density at radius 2 is 2.11 bits per heavy atom. The van der Waals surface area contributed by atoms with Gasteiger partial charge in [-0.1, -0.05) is 13.8 Å². The molecular weight excluding hydrogens is 226 g/mol. The van der Waals surface area contributed by atoms with Gasteiger partial charge in [0.15, 0.2) is 0 Å². The predicted molar refractivity (Wildman–Crippen MR) is 73.2 cm³/mol. The molecule has 18 heavy (non-hydrogen) atoms. The molecule has 2 aliphatic rings. The van der Waals surface area contributed by atoms with Crippen LogP contribution in [0.1, 0.15) is 31.9 Å². The average molecular weight is 247 g/mol. The summed E-state index contributed by atoms with van der Waals surface area (Å²) < 4.78 is 0. The van der Waals surface area contributed by atoms with Crippen LogP contribution in [0, 0.1) is 0 Å². The van der Waals surface area contributed by atoms with E-state index in [2.05, 4.69) is 45.4 Å². The first-order valence-electron chi connectivity index (χ1n) is 6.83. The van der Waals surface area contributed by atoms with Gasteiger partial charge in [0.1, 0.15) is 5.82 Å². The Labute approximate surface area is 108 Å². The van der Waals surface area contributed by atoms with Crippen molar-refractivity contribution in [3.63, 3.8) is 0 Å². The van der Waals surface area contributed by atoms with Gasteiger partial charge >= 0.3 is 0 Å². The van der Waals surface area contributed by atoms with Crippen LogP contribution in [-0.2, 0) is 0 Å². The van der Waals surface area contributed by atoms with Crippen molar-refractivity contribution in [3.8, 4) is 0 Å². The average Bonchev–Trinajstić information content (AvgIpc) is 2.21. The number of hydrogen-bond donors (Lipinski definition) is 2. The number of anilines is 2. The molecule has 0 spiro atoms. The molecule has 0 unspecified atom stereocenters. The van der Waals surface area contributed by atoms with Crippen molar-refractivity contribution in [3.05, 3.63) is 11.8 Å². The second-order valence-electron chi connectivity index (χ2n) is 5.47. The van der Waals surface area contributed by atoms with E-state index in [1.165, 1.54) is 6.42 Å². The predicted octanol–water partition coefficient (Wildman–Crippen LogP) is 1.19. The first-order chi connectivity index (χ1) is 8.72. The van der Waals surface area contributed by atoms with E-state index in [-0.39, 0.29) is 0 Å². The van der Waals surface area contributed by atoms with Crippen molar-refractivity contribution in [2.24, 2.45) is 0 Å². The van der Waals surface area contributed by atoms with Gasteiger partial charge in [0, 0.05) is 32.2 Å². The highest BCUT2D eigenvalue weighted by molar-refractivity contribution is 5.46. The first-order valence-corrected chi connectivity index (χ1v) is 6.83. The third-order valence-corrected chi connectivity index (χ3v) is 3.60. The molecule has 1 aromatic rings. The molecule has 1 aromatic heterocycles. The molecule has 0 aliphatic carbocycles. The van der Waals surface area contributed by atoms with Crippen molar-refractivity contribution in [1.29, 1.82) is 0 Å². The number of aromatic nitrogens is 2. The van der Waals surface area contributed by atoms with E-state index in [0.29, 0.717) is 12.0 Å². The molecule has 5 nitrogen and oxygen atoms in total. The normalized spacial score (nSPS) is 19.6. The summed E-state index contributed by atoms with van der Waals surface area (Å²) >= 11 is 0. The van der Waals surface area contributed by atoms with Crippen molar-refractivity contribution in [2.75, 3.05) is 36.4 Å². The van der Waals surface area contributed by atoms with Crippen LogP contribution in [0.4, 0.5) is 11.8 Å². The lowest BCUT2D eigenvalue weighted by Gasteiger charge is -2.33. The van der Waals surface area contributed by atoms with E-state index in [0.717, 1.165) is 43.6 Å². The minimum atomic E-state index is 0.438. The minimum absolute atomic E-state index is 0.438. The van der Waals surface area contributed by atoms with Gasteiger partial charge in [0.2, 0.25) is 5.95 Å². The largest absolute Gasteiger partial charge is 0.365 e. The Balaban J connectivity index is 1.83. The lowest BCUT2D eigenvalue weighted by Crippen LogP contribution is -2.51. The van der Waals surface area contributed by atoms with Gasteiger partial charge in [-0.15, -0.1) is 0 Å². The zero-order valence-electron chi connectivity index (χ0n) is 11.1. The topological polar surface area (TPSA) is 53.1 Å². The van der Waals surface area contributed by atoms with Gasteiger partial charge in [0.05, 0.1) is 11.7 Å². The molecule has 5 heteroatoms. The smallest absolute Gasteiger partial charge is 0.227 e. The molecule has 3 heterocycles. The fraction of sp³-hybridized carbons (Fsp3) is 0.692. The quantitative estimate of drug-likeness (QED) is 0.837. The number of nitrogens with zero attached hydrogens (tertiary/aromatic N) is 3. The van der Waals surface area contributed by atoms with E-state index in [1.54, 1.807) is 0 Å². The Morgan fingerprint density at radius 1 is 1.33 bits per heavy atom. The summed E-state index contributed by atoms with van der Waals surface area (Å²) in [6.07, 6.45) is 1.25.